The van der Waals surface area contributed by atoms with E-state index >= 15 is 0 Å². The lowest BCUT2D eigenvalue weighted by molar-refractivity contribution is -0.122. The maximum atomic E-state index is 12.4. The minimum absolute atomic E-state index is 0.0765. The summed E-state index contributed by atoms with van der Waals surface area (Å²) in [5.41, 5.74) is 0.677. The molecule has 128 valence electrons. The smallest absolute Gasteiger partial charge is 0.265 e. The molecule has 0 aromatic heterocycles. The maximum absolute atomic E-state index is 12.4. The van der Waals surface area contributed by atoms with Crippen LogP contribution in [-0.2, 0) is 4.79 Å². The van der Waals surface area contributed by atoms with E-state index in [0.29, 0.717) is 22.9 Å². The fraction of sp³-hybridized carbons (Fsp3) is 0.316. The number of anilines is 1. The van der Waals surface area contributed by atoms with Crippen molar-refractivity contribution in [1.29, 1.82) is 0 Å². The standard InChI is InChI=1S/C19H22ClNO3/c1-4-18(24-16-10-8-14(20)9-11-16)19(22)21-15-6-5-7-17(12-15)23-13(2)3/h5-13,18H,4H2,1-3H3,(H,21,22)/t18-/m0/s1. The van der Waals surface area contributed by atoms with E-state index < -0.39 is 6.10 Å². The van der Waals surface area contributed by atoms with Crippen LogP contribution in [0.4, 0.5) is 5.69 Å². The number of hydrogen-bond acceptors (Lipinski definition) is 3. The maximum Gasteiger partial charge on any atom is 0.265 e. The molecule has 0 unspecified atom stereocenters. The quantitative estimate of drug-likeness (QED) is 0.773. The molecule has 2 aromatic carbocycles. The summed E-state index contributed by atoms with van der Waals surface area (Å²) >= 11 is 5.86. The summed E-state index contributed by atoms with van der Waals surface area (Å²) in [6.45, 7) is 5.81. The van der Waals surface area contributed by atoms with Crippen LogP contribution in [0.5, 0.6) is 11.5 Å². The Bertz CT molecular complexity index is 671. The highest BCUT2D eigenvalue weighted by Crippen LogP contribution is 2.21. The zero-order valence-corrected chi connectivity index (χ0v) is 14.8. The lowest BCUT2D eigenvalue weighted by Crippen LogP contribution is -2.32. The third-order valence-corrected chi connectivity index (χ3v) is 3.48. The molecule has 0 aliphatic carbocycles. The minimum Gasteiger partial charge on any atom is -0.491 e. The van der Waals surface area contributed by atoms with Crippen LogP contribution in [0.15, 0.2) is 48.5 Å². The van der Waals surface area contributed by atoms with Gasteiger partial charge >= 0.3 is 0 Å². The number of benzene rings is 2. The number of ether oxygens (including phenoxy) is 2. The third kappa shape index (κ3) is 5.46. The van der Waals surface area contributed by atoms with E-state index in [1.165, 1.54) is 0 Å². The molecule has 5 heteroatoms. The average molecular weight is 348 g/mol. The number of amides is 1. The lowest BCUT2D eigenvalue weighted by atomic mass is 10.2. The molecule has 0 heterocycles. The normalized spacial score (nSPS) is 11.9. The number of carbonyl (C=O) groups is 1. The second-order valence-corrected chi connectivity index (χ2v) is 6.09. The Hall–Kier alpha value is -2.20. The molecular weight excluding hydrogens is 326 g/mol. The van der Waals surface area contributed by atoms with E-state index in [4.69, 9.17) is 21.1 Å². The molecular formula is C19H22ClNO3. The number of carbonyl (C=O) groups excluding carboxylic acids is 1. The monoisotopic (exact) mass is 347 g/mol. The van der Waals surface area contributed by atoms with Gasteiger partial charge < -0.3 is 14.8 Å². The van der Waals surface area contributed by atoms with Gasteiger partial charge in [-0.2, -0.15) is 0 Å². The molecule has 0 spiro atoms. The highest BCUT2D eigenvalue weighted by Gasteiger charge is 2.18. The van der Waals surface area contributed by atoms with Crippen LogP contribution in [0.1, 0.15) is 27.2 Å². The van der Waals surface area contributed by atoms with E-state index in [0.717, 1.165) is 5.75 Å². The Morgan fingerprint density at radius 3 is 2.42 bits per heavy atom. The molecule has 1 amide bonds. The van der Waals surface area contributed by atoms with Gasteiger partial charge in [-0.25, -0.2) is 0 Å². The molecule has 0 saturated heterocycles. The van der Waals surface area contributed by atoms with Crippen molar-refractivity contribution in [2.24, 2.45) is 0 Å². The number of hydrogen-bond donors (Lipinski definition) is 1. The molecule has 4 nitrogen and oxygen atoms in total. The topological polar surface area (TPSA) is 47.6 Å². The van der Waals surface area contributed by atoms with Crippen molar-refractivity contribution < 1.29 is 14.3 Å². The zero-order chi connectivity index (χ0) is 17.5. The first-order valence-corrected chi connectivity index (χ1v) is 8.35. The summed E-state index contributed by atoms with van der Waals surface area (Å²) in [6.07, 6.45) is 0.0461. The molecule has 0 saturated carbocycles. The largest absolute Gasteiger partial charge is 0.491 e. The van der Waals surface area contributed by atoms with Crippen LogP contribution >= 0.6 is 11.6 Å². The van der Waals surface area contributed by atoms with Crippen molar-refractivity contribution in [3.63, 3.8) is 0 Å². The summed E-state index contributed by atoms with van der Waals surface area (Å²) in [6, 6.07) is 14.3. The Kier molecular flexibility index (Phi) is 6.50. The van der Waals surface area contributed by atoms with E-state index in [1.807, 2.05) is 39.0 Å². The molecule has 0 aliphatic heterocycles. The van der Waals surface area contributed by atoms with Gasteiger partial charge in [0.15, 0.2) is 6.10 Å². The number of halogens is 1. The van der Waals surface area contributed by atoms with Gasteiger partial charge in [0.2, 0.25) is 0 Å². The summed E-state index contributed by atoms with van der Waals surface area (Å²) in [5, 5.41) is 3.49. The second kappa shape index (κ2) is 8.60. The van der Waals surface area contributed by atoms with Crippen LogP contribution in [0.25, 0.3) is 0 Å². The predicted octanol–water partition coefficient (Wildman–Crippen LogP) is 4.92. The highest BCUT2D eigenvalue weighted by molar-refractivity contribution is 6.30. The van der Waals surface area contributed by atoms with Gasteiger partial charge in [-0.05, 0) is 56.7 Å². The highest BCUT2D eigenvalue weighted by atomic mass is 35.5. The van der Waals surface area contributed by atoms with Gasteiger partial charge in [0, 0.05) is 16.8 Å². The lowest BCUT2D eigenvalue weighted by Gasteiger charge is -2.18. The fourth-order valence-corrected chi connectivity index (χ4v) is 2.27. The second-order valence-electron chi connectivity index (χ2n) is 5.65. The van der Waals surface area contributed by atoms with Crippen molar-refractivity contribution in [1.82, 2.24) is 0 Å². The van der Waals surface area contributed by atoms with E-state index in [2.05, 4.69) is 5.32 Å². The predicted molar refractivity (Wildman–Crippen MR) is 97.0 cm³/mol. The molecule has 24 heavy (non-hydrogen) atoms. The summed E-state index contributed by atoms with van der Waals surface area (Å²) in [4.78, 5) is 12.4. The molecule has 2 rings (SSSR count). The van der Waals surface area contributed by atoms with E-state index in [-0.39, 0.29) is 12.0 Å². The molecule has 0 radical (unpaired) electrons. The fourth-order valence-electron chi connectivity index (χ4n) is 2.14. The van der Waals surface area contributed by atoms with E-state index in [1.54, 1.807) is 30.3 Å². The van der Waals surface area contributed by atoms with Gasteiger partial charge in [-0.3, -0.25) is 4.79 Å². The molecule has 2 aromatic rings. The van der Waals surface area contributed by atoms with E-state index in [9.17, 15) is 4.79 Å². The van der Waals surface area contributed by atoms with Crippen LogP contribution in [-0.4, -0.2) is 18.1 Å². The summed E-state index contributed by atoms with van der Waals surface area (Å²) in [7, 11) is 0. The SMILES string of the molecule is CC[C@H](Oc1ccc(Cl)cc1)C(=O)Nc1cccc(OC(C)C)c1. The molecule has 0 fully saturated rings. The van der Waals surface area contributed by atoms with Crippen molar-refractivity contribution in [3.8, 4) is 11.5 Å². The van der Waals surface area contributed by atoms with Crippen molar-refractivity contribution in [2.45, 2.75) is 39.4 Å². The average Bonchev–Trinajstić information content (AvgIpc) is 2.54. The van der Waals surface area contributed by atoms with Gasteiger partial charge in [-0.1, -0.05) is 24.6 Å². The van der Waals surface area contributed by atoms with Crippen molar-refractivity contribution in [3.05, 3.63) is 53.6 Å². The first-order chi connectivity index (χ1) is 11.5. The zero-order valence-electron chi connectivity index (χ0n) is 14.1. The summed E-state index contributed by atoms with van der Waals surface area (Å²) < 4.78 is 11.4. The Labute approximate surface area is 147 Å². The third-order valence-electron chi connectivity index (χ3n) is 3.23. The first-order valence-electron chi connectivity index (χ1n) is 7.97. The Morgan fingerprint density at radius 1 is 1.08 bits per heavy atom. The molecule has 1 atom stereocenters. The molecule has 0 bridgehead atoms. The number of rotatable bonds is 7. The van der Waals surface area contributed by atoms with Gasteiger partial charge in [-0.15, -0.1) is 0 Å². The van der Waals surface area contributed by atoms with Crippen molar-refractivity contribution in [2.75, 3.05) is 5.32 Å². The Balaban J connectivity index is 2.02. The first kappa shape index (κ1) is 18.1. The van der Waals surface area contributed by atoms with Crippen molar-refractivity contribution >= 4 is 23.2 Å². The molecule has 1 N–H and O–H groups in total. The van der Waals surface area contributed by atoms with Crippen LogP contribution < -0.4 is 14.8 Å². The van der Waals surface area contributed by atoms with Crippen LogP contribution in [0.2, 0.25) is 5.02 Å². The van der Waals surface area contributed by atoms with Gasteiger partial charge in [0.05, 0.1) is 6.10 Å². The molecule has 0 aliphatic rings. The van der Waals surface area contributed by atoms with Crippen LogP contribution in [0, 0.1) is 0 Å². The van der Waals surface area contributed by atoms with Gasteiger partial charge in [0.25, 0.3) is 5.91 Å². The summed E-state index contributed by atoms with van der Waals surface area (Å²) in [5.74, 6) is 1.13. The van der Waals surface area contributed by atoms with Gasteiger partial charge in [0.1, 0.15) is 11.5 Å². The van der Waals surface area contributed by atoms with Crippen LogP contribution in [0.3, 0.4) is 0 Å². The Morgan fingerprint density at radius 2 is 1.79 bits per heavy atom. The minimum atomic E-state index is -0.583. The number of nitrogens with one attached hydrogen (secondary N) is 1.